The monoisotopic (exact) mass is 427 g/mol. The lowest BCUT2D eigenvalue weighted by atomic mass is 9.96. The molecule has 0 aromatic rings. The number of hydrogen-bond donors (Lipinski definition) is 3. The molecule has 0 aromatic heterocycles. The first-order valence-electron chi connectivity index (χ1n) is 7.94. The number of nitrogens with one attached hydrogen (secondary N) is 1. The number of amides is 1. The summed E-state index contributed by atoms with van der Waals surface area (Å²) in [4.78, 5) is 63.9. The summed E-state index contributed by atoms with van der Waals surface area (Å²) in [6.07, 6.45) is -5.98. The average molecular weight is 427 g/mol. The molecule has 13 nitrogen and oxygen atoms in total. The first-order valence-corrected chi connectivity index (χ1v) is 9.47. The largest absolute Gasteiger partial charge is 0.472 e. The minimum absolute atomic E-state index is 0.515. The third-order valence-corrected chi connectivity index (χ3v) is 3.79. The van der Waals surface area contributed by atoms with Crippen molar-refractivity contribution >= 4 is 31.6 Å². The Morgan fingerprint density at radius 2 is 1.50 bits per heavy atom. The molecule has 0 aromatic carbocycles. The van der Waals surface area contributed by atoms with Crippen LogP contribution in [0.1, 0.15) is 27.7 Å². The second-order valence-electron chi connectivity index (χ2n) is 5.82. The van der Waals surface area contributed by atoms with E-state index in [1.54, 1.807) is 0 Å². The van der Waals surface area contributed by atoms with Gasteiger partial charge < -0.3 is 34.1 Å². The van der Waals surface area contributed by atoms with Gasteiger partial charge >= 0.3 is 25.7 Å². The number of carbonyl (C=O) groups is 4. The summed E-state index contributed by atoms with van der Waals surface area (Å²) in [5.41, 5.74) is 0. The highest BCUT2D eigenvalue weighted by Gasteiger charge is 2.52. The Kier molecular flexibility index (Phi) is 8.51. The number of phosphoric acid groups is 1. The van der Waals surface area contributed by atoms with Gasteiger partial charge in [-0.2, -0.15) is 0 Å². The maximum absolute atomic E-state index is 11.5. The van der Waals surface area contributed by atoms with E-state index in [1.165, 1.54) is 0 Å². The molecule has 1 aliphatic heterocycles. The van der Waals surface area contributed by atoms with Crippen LogP contribution in [0.25, 0.3) is 0 Å². The van der Waals surface area contributed by atoms with E-state index in [4.69, 9.17) is 28.7 Å². The molecule has 160 valence electrons. The topological polar surface area (TPSA) is 184 Å². The van der Waals surface area contributed by atoms with Gasteiger partial charge in [-0.25, -0.2) is 4.57 Å². The molecule has 0 bridgehead atoms. The van der Waals surface area contributed by atoms with Crippen LogP contribution in [-0.4, -0.2) is 70.9 Å². The van der Waals surface area contributed by atoms with Crippen LogP contribution < -0.4 is 5.32 Å². The molecule has 1 fully saturated rings. The molecule has 1 rings (SSSR count). The third-order valence-electron chi connectivity index (χ3n) is 3.31. The molecule has 0 aliphatic carbocycles. The Hall–Kier alpha value is -2.05. The number of hydrogen-bond acceptors (Lipinski definition) is 10. The van der Waals surface area contributed by atoms with Gasteiger partial charge in [-0.05, 0) is 0 Å². The summed E-state index contributed by atoms with van der Waals surface area (Å²) in [7, 11) is -5.12. The van der Waals surface area contributed by atoms with Crippen LogP contribution in [0.3, 0.4) is 0 Å². The smallest absolute Gasteiger partial charge is 0.463 e. The Labute approximate surface area is 159 Å². The van der Waals surface area contributed by atoms with Crippen molar-refractivity contribution in [2.75, 3.05) is 6.61 Å². The quantitative estimate of drug-likeness (QED) is 0.250. The van der Waals surface area contributed by atoms with Crippen molar-refractivity contribution in [3.05, 3.63) is 0 Å². The van der Waals surface area contributed by atoms with Gasteiger partial charge in [-0.1, -0.05) is 0 Å². The fourth-order valence-corrected chi connectivity index (χ4v) is 2.97. The van der Waals surface area contributed by atoms with E-state index in [9.17, 15) is 23.7 Å². The van der Waals surface area contributed by atoms with E-state index >= 15 is 0 Å². The van der Waals surface area contributed by atoms with E-state index in [0.29, 0.717) is 0 Å². The van der Waals surface area contributed by atoms with Crippen molar-refractivity contribution in [3.8, 4) is 0 Å². The lowest BCUT2D eigenvalue weighted by molar-refractivity contribution is -0.259. The van der Waals surface area contributed by atoms with Gasteiger partial charge in [-0.15, -0.1) is 0 Å². The van der Waals surface area contributed by atoms with Gasteiger partial charge in [0.05, 0.1) is 0 Å². The minimum atomic E-state index is -5.12. The Morgan fingerprint density at radius 3 is 1.93 bits per heavy atom. The van der Waals surface area contributed by atoms with Gasteiger partial charge in [0.2, 0.25) is 5.91 Å². The van der Waals surface area contributed by atoms with Crippen LogP contribution in [-0.2, 0) is 47.2 Å². The molecular formula is C14H22NO12P. The van der Waals surface area contributed by atoms with E-state index in [2.05, 4.69) is 9.84 Å². The van der Waals surface area contributed by atoms with Crippen molar-refractivity contribution < 1.29 is 57.0 Å². The van der Waals surface area contributed by atoms with Crippen molar-refractivity contribution in [1.82, 2.24) is 5.32 Å². The van der Waals surface area contributed by atoms with Crippen LogP contribution in [0.2, 0.25) is 0 Å². The van der Waals surface area contributed by atoms with Gasteiger partial charge in [0.25, 0.3) is 0 Å². The highest BCUT2D eigenvalue weighted by atomic mass is 31.2. The Morgan fingerprint density at radius 1 is 0.964 bits per heavy atom. The zero-order valence-electron chi connectivity index (χ0n) is 15.5. The summed E-state index contributed by atoms with van der Waals surface area (Å²) >= 11 is 0. The number of phosphoric ester groups is 1. The summed E-state index contributed by atoms with van der Waals surface area (Å²) in [6, 6.07) is -1.45. The molecule has 0 spiro atoms. The van der Waals surface area contributed by atoms with Gasteiger partial charge in [0, 0.05) is 27.7 Å². The van der Waals surface area contributed by atoms with Gasteiger partial charge in [0.15, 0.2) is 18.5 Å². The minimum Gasteiger partial charge on any atom is -0.463 e. The first kappa shape index (κ1) is 24.0. The lowest BCUT2D eigenvalue weighted by Gasteiger charge is -2.44. The van der Waals surface area contributed by atoms with Crippen molar-refractivity contribution in [2.45, 2.75) is 58.3 Å². The zero-order chi connectivity index (χ0) is 21.6. The normalized spacial score (nSPS) is 27.4. The number of rotatable bonds is 7. The Bertz CT molecular complexity index is 661. The number of carbonyl (C=O) groups excluding carboxylic acids is 4. The summed E-state index contributed by atoms with van der Waals surface area (Å²) < 4.78 is 36.3. The van der Waals surface area contributed by atoms with Crippen LogP contribution in [0.15, 0.2) is 0 Å². The van der Waals surface area contributed by atoms with Crippen LogP contribution in [0.5, 0.6) is 0 Å². The van der Waals surface area contributed by atoms with Crippen LogP contribution >= 0.6 is 7.82 Å². The Balaban J connectivity index is 3.34. The van der Waals surface area contributed by atoms with Gasteiger partial charge in [-0.3, -0.25) is 23.7 Å². The molecule has 1 amide bonds. The lowest BCUT2D eigenvalue weighted by Crippen LogP contribution is -2.66. The van der Waals surface area contributed by atoms with Crippen LogP contribution in [0, 0.1) is 0 Å². The molecule has 0 radical (unpaired) electrons. The maximum Gasteiger partial charge on any atom is 0.472 e. The molecule has 28 heavy (non-hydrogen) atoms. The fraction of sp³-hybridized carbons (Fsp3) is 0.714. The standard InChI is InChI=1S/C14H22NO12P/c1-6(16)15-11-13(25-9(4)19)12(24-8(3)18)10(5-23-7(2)17)26-14(11)27-28(20,21)22/h10-14H,5H2,1-4H3,(H,15,16)(H2,20,21,22)/t10?,11?,12-,13-,14-/m1/s1. The van der Waals surface area contributed by atoms with E-state index in [0.717, 1.165) is 27.7 Å². The summed E-state index contributed by atoms with van der Waals surface area (Å²) in [6.45, 7) is 3.76. The predicted molar refractivity (Wildman–Crippen MR) is 87.1 cm³/mol. The van der Waals surface area contributed by atoms with E-state index in [1.807, 2.05) is 0 Å². The molecule has 3 N–H and O–H groups in total. The number of ether oxygens (including phenoxy) is 4. The zero-order valence-corrected chi connectivity index (χ0v) is 16.4. The first-order chi connectivity index (χ1) is 12.8. The SMILES string of the molecule is CC(=O)NC1[C@@H](OP(=O)(O)O)OC(COC(C)=O)[C@@H](OC(C)=O)[C@@H]1OC(C)=O. The van der Waals surface area contributed by atoms with Crippen molar-refractivity contribution in [2.24, 2.45) is 0 Å². The van der Waals surface area contributed by atoms with Crippen LogP contribution in [0.4, 0.5) is 0 Å². The van der Waals surface area contributed by atoms with E-state index < -0.39 is 68.9 Å². The molecule has 1 aliphatic rings. The summed E-state index contributed by atoms with van der Waals surface area (Å²) in [5.74, 6) is -3.05. The van der Waals surface area contributed by atoms with Gasteiger partial charge in [0.1, 0.15) is 18.8 Å². The molecule has 5 atom stereocenters. The highest BCUT2D eigenvalue weighted by molar-refractivity contribution is 7.46. The second kappa shape index (κ2) is 9.94. The van der Waals surface area contributed by atoms with Crippen molar-refractivity contribution in [1.29, 1.82) is 0 Å². The fourth-order valence-electron chi connectivity index (χ4n) is 2.52. The average Bonchev–Trinajstić information content (AvgIpc) is 2.48. The molecule has 1 saturated heterocycles. The summed E-state index contributed by atoms with van der Waals surface area (Å²) in [5, 5.41) is 2.29. The second-order valence-corrected chi connectivity index (χ2v) is 7.01. The molecule has 1 heterocycles. The molecule has 14 heteroatoms. The molecular weight excluding hydrogens is 405 g/mol. The molecule has 0 saturated carbocycles. The highest BCUT2D eigenvalue weighted by Crippen LogP contribution is 2.41. The van der Waals surface area contributed by atoms with Crippen molar-refractivity contribution in [3.63, 3.8) is 0 Å². The number of esters is 3. The maximum atomic E-state index is 11.5. The molecule has 2 unspecified atom stereocenters. The predicted octanol–water partition coefficient (Wildman–Crippen LogP) is -1.25. The third kappa shape index (κ3) is 7.90. The van der Waals surface area contributed by atoms with E-state index in [-0.39, 0.29) is 0 Å².